The second kappa shape index (κ2) is 5.57. The molecule has 2 atom stereocenters. The molecule has 1 aromatic carbocycles. The topological polar surface area (TPSA) is 53.7 Å². The van der Waals surface area contributed by atoms with E-state index < -0.39 is 0 Å². The number of ether oxygens (including phenoxy) is 3. The van der Waals surface area contributed by atoms with Crippen molar-refractivity contribution in [2.75, 3.05) is 26.4 Å². The van der Waals surface area contributed by atoms with Crippen molar-refractivity contribution in [3.05, 3.63) is 22.7 Å². The Morgan fingerprint density at radius 2 is 1.89 bits per heavy atom. The highest BCUT2D eigenvalue weighted by molar-refractivity contribution is 6.31. The van der Waals surface area contributed by atoms with Crippen LogP contribution in [0, 0.1) is 5.92 Å². The van der Waals surface area contributed by atoms with Crippen LogP contribution >= 0.6 is 11.6 Å². The fraction of sp³-hybridized carbons (Fsp3) is 0.571. The number of benzene rings is 1. The van der Waals surface area contributed by atoms with Crippen molar-refractivity contribution in [2.24, 2.45) is 11.7 Å². The molecule has 5 heteroatoms. The summed E-state index contributed by atoms with van der Waals surface area (Å²) in [5.41, 5.74) is 7.26. The van der Waals surface area contributed by atoms with E-state index in [9.17, 15) is 0 Å². The average molecular weight is 284 g/mol. The van der Waals surface area contributed by atoms with E-state index in [2.05, 4.69) is 0 Å². The van der Waals surface area contributed by atoms with Gasteiger partial charge in [0.1, 0.15) is 13.2 Å². The van der Waals surface area contributed by atoms with E-state index in [1.165, 1.54) is 0 Å². The first-order valence-electron chi connectivity index (χ1n) is 6.68. The highest BCUT2D eigenvalue weighted by Gasteiger charge is 2.26. The molecule has 2 unspecified atom stereocenters. The molecule has 0 aromatic heterocycles. The monoisotopic (exact) mass is 283 g/mol. The second-order valence-corrected chi connectivity index (χ2v) is 5.43. The van der Waals surface area contributed by atoms with E-state index in [1.807, 2.05) is 6.07 Å². The van der Waals surface area contributed by atoms with Crippen molar-refractivity contribution in [2.45, 2.75) is 18.9 Å². The molecule has 104 valence electrons. The van der Waals surface area contributed by atoms with Crippen molar-refractivity contribution in [1.82, 2.24) is 0 Å². The van der Waals surface area contributed by atoms with Crippen LogP contribution in [0.15, 0.2) is 12.1 Å². The van der Waals surface area contributed by atoms with Gasteiger partial charge in [0.05, 0.1) is 6.61 Å². The molecule has 1 saturated heterocycles. The smallest absolute Gasteiger partial charge is 0.162 e. The van der Waals surface area contributed by atoms with Gasteiger partial charge in [-0.25, -0.2) is 0 Å². The standard InChI is InChI=1S/C14H18ClNO3/c15-11-7-13-12(18-4-5-19-13)6-10(11)14(16)9-2-1-3-17-8-9/h6-7,9,14H,1-5,8,16H2. The molecule has 2 heterocycles. The number of hydrogen-bond donors (Lipinski definition) is 1. The molecular weight excluding hydrogens is 266 g/mol. The minimum atomic E-state index is -0.122. The lowest BCUT2D eigenvalue weighted by molar-refractivity contribution is 0.0447. The molecular formula is C14H18ClNO3. The quantitative estimate of drug-likeness (QED) is 0.906. The van der Waals surface area contributed by atoms with E-state index in [0.717, 1.165) is 30.8 Å². The third-order valence-electron chi connectivity index (χ3n) is 3.72. The zero-order valence-corrected chi connectivity index (χ0v) is 11.5. The third kappa shape index (κ3) is 2.66. The van der Waals surface area contributed by atoms with E-state index in [1.54, 1.807) is 6.07 Å². The predicted octanol–water partition coefficient (Wildman–Crippen LogP) is 2.54. The maximum absolute atomic E-state index is 6.34. The van der Waals surface area contributed by atoms with Crippen LogP contribution < -0.4 is 15.2 Å². The first-order valence-corrected chi connectivity index (χ1v) is 7.06. The van der Waals surface area contributed by atoms with Crippen molar-refractivity contribution in [1.29, 1.82) is 0 Å². The maximum atomic E-state index is 6.34. The summed E-state index contributed by atoms with van der Waals surface area (Å²) >= 11 is 6.32. The number of fused-ring (bicyclic) bond motifs is 1. The maximum Gasteiger partial charge on any atom is 0.162 e. The number of hydrogen-bond acceptors (Lipinski definition) is 4. The van der Waals surface area contributed by atoms with Crippen LogP contribution in [0.3, 0.4) is 0 Å². The van der Waals surface area contributed by atoms with E-state index in [4.69, 9.17) is 31.5 Å². The molecule has 0 bridgehead atoms. The zero-order chi connectivity index (χ0) is 13.2. The Labute approximate surface area is 117 Å². The first-order chi connectivity index (χ1) is 9.25. The van der Waals surface area contributed by atoms with Crippen LogP contribution in [0.5, 0.6) is 11.5 Å². The Morgan fingerprint density at radius 1 is 1.16 bits per heavy atom. The fourth-order valence-corrected chi connectivity index (χ4v) is 2.92. The Balaban J connectivity index is 1.86. The molecule has 0 spiro atoms. The molecule has 2 aliphatic heterocycles. The Bertz CT molecular complexity index is 460. The van der Waals surface area contributed by atoms with Crippen molar-refractivity contribution in [3.8, 4) is 11.5 Å². The summed E-state index contributed by atoms with van der Waals surface area (Å²) in [7, 11) is 0. The summed E-state index contributed by atoms with van der Waals surface area (Å²) in [6.45, 7) is 2.66. The molecule has 1 fully saturated rings. The van der Waals surface area contributed by atoms with Crippen LogP contribution in [0.4, 0.5) is 0 Å². The van der Waals surface area contributed by atoms with Gasteiger partial charge in [0.2, 0.25) is 0 Å². The Hall–Kier alpha value is -0.970. The van der Waals surface area contributed by atoms with Crippen molar-refractivity contribution >= 4 is 11.6 Å². The summed E-state index contributed by atoms with van der Waals surface area (Å²) in [4.78, 5) is 0. The summed E-state index contributed by atoms with van der Waals surface area (Å²) in [5.74, 6) is 1.75. The van der Waals surface area contributed by atoms with Gasteiger partial charge in [0, 0.05) is 29.7 Å². The Kier molecular flexibility index (Phi) is 3.82. The number of halogens is 1. The third-order valence-corrected chi connectivity index (χ3v) is 4.05. The highest BCUT2D eigenvalue weighted by Crippen LogP contribution is 2.39. The van der Waals surface area contributed by atoms with Gasteiger partial charge in [-0.3, -0.25) is 0 Å². The van der Waals surface area contributed by atoms with Gasteiger partial charge in [-0.15, -0.1) is 0 Å². The predicted molar refractivity (Wildman–Crippen MR) is 72.9 cm³/mol. The second-order valence-electron chi connectivity index (χ2n) is 5.02. The largest absolute Gasteiger partial charge is 0.486 e. The molecule has 0 radical (unpaired) electrons. The van der Waals surface area contributed by atoms with Crippen LogP contribution in [0.2, 0.25) is 5.02 Å². The van der Waals surface area contributed by atoms with Crippen LogP contribution in [0.25, 0.3) is 0 Å². The van der Waals surface area contributed by atoms with E-state index in [0.29, 0.717) is 36.5 Å². The van der Waals surface area contributed by atoms with Gasteiger partial charge in [-0.2, -0.15) is 0 Å². The van der Waals surface area contributed by atoms with Gasteiger partial charge < -0.3 is 19.9 Å². The van der Waals surface area contributed by atoms with Gasteiger partial charge in [0.15, 0.2) is 11.5 Å². The van der Waals surface area contributed by atoms with Gasteiger partial charge in [-0.05, 0) is 24.5 Å². The van der Waals surface area contributed by atoms with Gasteiger partial charge in [0.25, 0.3) is 0 Å². The van der Waals surface area contributed by atoms with E-state index in [-0.39, 0.29) is 6.04 Å². The highest BCUT2D eigenvalue weighted by atomic mass is 35.5. The fourth-order valence-electron chi connectivity index (χ4n) is 2.64. The summed E-state index contributed by atoms with van der Waals surface area (Å²) in [6, 6.07) is 3.59. The SMILES string of the molecule is NC(c1cc2c(cc1Cl)OCCO2)C1CCCOC1. The lowest BCUT2D eigenvalue weighted by atomic mass is 9.89. The average Bonchev–Trinajstić information content (AvgIpc) is 2.47. The molecule has 0 saturated carbocycles. The van der Waals surface area contributed by atoms with Crippen molar-refractivity contribution in [3.63, 3.8) is 0 Å². The first kappa shape index (κ1) is 13.0. The molecule has 1 aromatic rings. The van der Waals surface area contributed by atoms with Crippen LogP contribution in [0.1, 0.15) is 24.4 Å². The minimum Gasteiger partial charge on any atom is -0.486 e. The van der Waals surface area contributed by atoms with Gasteiger partial charge >= 0.3 is 0 Å². The summed E-state index contributed by atoms with van der Waals surface area (Å²) in [5, 5.41) is 0.641. The number of rotatable bonds is 2. The molecule has 2 aliphatic rings. The minimum absolute atomic E-state index is 0.122. The van der Waals surface area contributed by atoms with Crippen LogP contribution in [-0.2, 0) is 4.74 Å². The summed E-state index contributed by atoms with van der Waals surface area (Å²) < 4.78 is 16.6. The Morgan fingerprint density at radius 3 is 2.58 bits per heavy atom. The normalized spacial score (nSPS) is 24.0. The van der Waals surface area contributed by atoms with E-state index >= 15 is 0 Å². The molecule has 3 rings (SSSR count). The molecule has 0 aliphatic carbocycles. The lowest BCUT2D eigenvalue weighted by Crippen LogP contribution is -2.29. The van der Waals surface area contributed by atoms with Gasteiger partial charge in [-0.1, -0.05) is 11.6 Å². The molecule has 0 amide bonds. The molecule has 2 N–H and O–H groups in total. The summed E-state index contributed by atoms with van der Waals surface area (Å²) in [6.07, 6.45) is 2.13. The number of nitrogens with two attached hydrogens (primary N) is 1. The molecule has 19 heavy (non-hydrogen) atoms. The molecule has 4 nitrogen and oxygen atoms in total. The zero-order valence-electron chi connectivity index (χ0n) is 10.7. The van der Waals surface area contributed by atoms with Crippen LogP contribution in [-0.4, -0.2) is 26.4 Å². The van der Waals surface area contributed by atoms with Crippen molar-refractivity contribution < 1.29 is 14.2 Å². The lowest BCUT2D eigenvalue weighted by Gasteiger charge is -2.29.